The van der Waals surface area contributed by atoms with E-state index in [-0.39, 0.29) is 13.2 Å². The first-order chi connectivity index (χ1) is 8.99. The van der Waals surface area contributed by atoms with E-state index in [0.29, 0.717) is 13.1 Å². The number of rotatable bonds is 6. The van der Waals surface area contributed by atoms with Gasteiger partial charge in [-0.2, -0.15) is 0 Å². The van der Waals surface area contributed by atoms with Gasteiger partial charge in [0.15, 0.2) is 11.9 Å². The summed E-state index contributed by atoms with van der Waals surface area (Å²) in [5, 5.41) is 54.1. The third-order valence-corrected chi connectivity index (χ3v) is 2.05. The van der Waals surface area contributed by atoms with Crippen LogP contribution in [0.15, 0.2) is 11.5 Å². The van der Waals surface area contributed by atoms with E-state index in [0.717, 1.165) is 0 Å². The Labute approximate surface area is 109 Å². The Bertz CT molecular complexity index is 302. The van der Waals surface area contributed by atoms with E-state index in [1.54, 1.807) is 0 Å². The van der Waals surface area contributed by atoms with Crippen LogP contribution >= 0.6 is 0 Å². The van der Waals surface area contributed by atoms with Gasteiger partial charge < -0.3 is 40.7 Å². The maximum atomic E-state index is 10.5. The molecule has 0 saturated heterocycles. The number of cyclic esters (lactones) is 1. The van der Waals surface area contributed by atoms with Crippen molar-refractivity contribution in [3.05, 3.63) is 11.5 Å². The molecular weight excluding hydrogens is 262 g/mol. The molecule has 0 spiro atoms. The van der Waals surface area contributed by atoms with Gasteiger partial charge in [-0.15, -0.1) is 0 Å². The van der Waals surface area contributed by atoms with Gasteiger partial charge in [-0.1, -0.05) is 0 Å². The summed E-state index contributed by atoms with van der Waals surface area (Å²) in [7, 11) is 0. The highest BCUT2D eigenvalue weighted by atomic mass is 16.6. The number of aliphatic hydroxyl groups is 6. The van der Waals surface area contributed by atoms with Gasteiger partial charge in [-0.25, -0.2) is 4.79 Å². The van der Waals surface area contributed by atoms with Crippen LogP contribution in [0.5, 0.6) is 0 Å². The number of aliphatic hydroxyl groups excluding tert-OH is 6. The Morgan fingerprint density at radius 2 is 1.68 bits per heavy atom. The van der Waals surface area contributed by atoms with Crippen molar-refractivity contribution >= 4 is 5.97 Å². The molecule has 0 aromatic rings. The second-order valence-electron chi connectivity index (χ2n) is 3.51. The average Bonchev–Trinajstić information content (AvgIpc) is 2.67. The SMILES string of the molecule is O=C1O[C@H]([C@@H](O)CO)C(O)=C1O.OCCNCCO. The third-order valence-electron chi connectivity index (χ3n) is 2.05. The van der Waals surface area contributed by atoms with Crippen molar-refractivity contribution in [2.75, 3.05) is 32.9 Å². The molecule has 1 heterocycles. The van der Waals surface area contributed by atoms with Crippen molar-refractivity contribution < 1.29 is 40.2 Å². The smallest absolute Gasteiger partial charge is 0.377 e. The van der Waals surface area contributed by atoms with Crippen LogP contribution in [0, 0.1) is 0 Å². The zero-order valence-electron chi connectivity index (χ0n) is 10.2. The predicted molar refractivity (Wildman–Crippen MR) is 62.3 cm³/mol. The molecule has 0 radical (unpaired) electrons. The molecule has 7 N–H and O–H groups in total. The Morgan fingerprint density at radius 1 is 1.16 bits per heavy atom. The summed E-state index contributed by atoms with van der Waals surface area (Å²) >= 11 is 0. The summed E-state index contributed by atoms with van der Waals surface area (Å²) in [5.74, 6) is -2.78. The van der Waals surface area contributed by atoms with Gasteiger partial charge in [0.1, 0.15) is 6.10 Å². The highest BCUT2D eigenvalue weighted by Gasteiger charge is 2.38. The largest absolute Gasteiger partial charge is 0.505 e. The Hall–Kier alpha value is -1.39. The first kappa shape index (κ1) is 17.6. The normalized spacial score (nSPS) is 19.8. The van der Waals surface area contributed by atoms with Crippen LogP contribution in [0.1, 0.15) is 0 Å². The van der Waals surface area contributed by atoms with Crippen LogP contribution in [0.4, 0.5) is 0 Å². The minimum atomic E-state index is -1.42. The zero-order chi connectivity index (χ0) is 14.8. The summed E-state index contributed by atoms with van der Waals surface area (Å²) in [5.41, 5.74) is 0. The van der Waals surface area contributed by atoms with Crippen LogP contribution in [0.2, 0.25) is 0 Å². The number of carbonyl (C=O) groups excluding carboxylic acids is 1. The van der Waals surface area contributed by atoms with E-state index >= 15 is 0 Å². The Balaban J connectivity index is 0.000000399. The van der Waals surface area contributed by atoms with Crippen molar-refractivity contribution in [3.8, 4) is 0 Å². The monoisotopic (exact) mass is 281 g/mol. The van der Waals surface area contributed by atoms with Crippen LogP contribution in [-0.2, 0) is 9.53 Å². The molecule has 9 nitrogen and oxygen atoms in total. The van der Waals surface area contributed by atoms with Gasteiger partial charge >= 0.3 is 5.97 Å². The van der Waals surface area contributed by atoms with Gasteiger partial charge in [0.05, 0.1) is 19.8 Å². The fraction of sp³-hybridized carbons (Fsp3) is 0.700. The van der Waals surface area contributed by atoms with Crippen molar-refractivity contribution in [2.24, 2.45) is 0 Å². The second-order valence-corrected chi connectivity index (χ2v) is 3.51. The summed E-state index contributed by atoms with van der Waals surface area (Å²) in [4.78, 5) is 10.5. The van der Waals surface area contributed by atoms with Crippen molar-refractivity contribution in [2.45, 2.75) is 12.2 Å². The van der Waals surface area contributed by atoms with Crippen LogP contribution in [-0.4, -0.2) is 81.7 Å². The lowest BCUT2D eigenvalue weighted by atomic mass is 10.2. The molecule has 1 aliphatic rings. The third kappa shape index (κ3) is 5.85. The van der Waals surface area contributed by atoms with Crippen LogP contribution < -0.4 is 5.32 Å². The highest BCUT2D eigenvalue weighted by molar-refractivity contribution is 5.89. The van der Waals surface area contributed by atoms with Gasteiger partial charge in [0.2, 0.25) is 5.76 Å². The molecule has 112 valence electrons. The molecule has 0 aromatic heterocycles. The maximum absolute atomic E-state index is 10.5. The molecule has 0 aromatic carbocycles. The Kier molecular flexibility index (Phi) is 8.83. The molecule has 0 bridgehead atoms. The predicted octanol–water partition coefficient (Wildman–Crippen LogP) is -2.85. The highest BCUT2D eigenvalue weighted by Crippen LogP contribution is 2.20. The molecule has 1 aliphatic heterocycles. The topological polar surface area (TPSA) is 160 Å². The van der Waals surface area contributed by atoms with Crippen molar-refractivity contribution in [1.29, 1.82) is 0 Å². The van der Waals surface area contributed by atoms with E-state index in [1.807, 2.05) is 0 Å². The lowest BCUT2D eigenvalue weighted by Gasteiger charge is -2.13. The standard InChI is InChI=1S/C6H8O6.C4H11NO2/c7-1-2(8)5-3(9)4(10)6(11)12-5;6-3-1-5-2-4-7/h2,5,7-10H,1H2;5-7H,1-4H2/t2-,5+;/m0./s1. The van der Waals surface area contributed by atoms with Crippen molar-refractivity contribution in [3.63, 3.8) is 0 Å². The van der Waals surface area contributed by atoms with Crippen LogP contribution in [0.3, 0.4) is 0 Å². The van der Waals surface area contributed by atoms with E-state index in [4.69, 9.17) is 30.6 Å². The molecule has 0 amide bonds. The molecule has 1 rings (SSSR count). The zero-order valence-corrected chi connectivity index (χ0v) is 10.2. The molecule has 2 atom stereocenters. The van der Waals surface area contributed by atoms with E-state index < -0.39 is 36.3 Å². The molecule has 0 saturated carbocycles. The van der Waals surface area contributed by atoms with Gasteiger partial charge in [-0.3, -0.25) is 0 Å². The van der Waals surface area contributed by atoms with Gasteiger partial charge in [0, 0.05) is 13.1 Å². The lowest BCUT2D eigenvalue weighted by molar-refractivity contribution is -0.147. The number of hydrogen-bond acceptors (Lipinski definition) is 9. The van der Waals surface area contributed by atoms with E-state index in [1.165, 1.54) is 0 Å². The van der Waals surface area contributed by atoms with Gasteiger partial charge in [-0.05, 0) is 0 Å². The molecule has 0 aliphatic carbocycles. The summed E-state index contributed by atoms with van der Waals surface area (Å²) in [6, 6.07) is 0. The molecule has 19 heavy (non-hydrogen) atoms. The molecule has 0 unspecified atom stereocenters. The fourth-order valence-corrected chi connectivity index (χ4v) is 1.11. The molecule has 0 fully saturated rings. The number of ether oxygens (including phenoxy) is 1. The maximum Gasteiger partial charge on any atom is 0.377 e. The minimum Gasteiger partial charge on any atom is -0.505 e. The van der Waals surface area contributed by atoms with E-state index in [9.17, 15) is 4.79 Å². The quantitative estimate of drug-likeness (QED) is 0.201. The fourth-order valence-electron chi connectivity index (χ4n) is 1.11. The number of esters is 1. The summed E-state index contributed by atoms with van der Waals surface area (Å²) < 4.78 is 4.32. The molecule has 9 heteroatoms. The first-order valence-electron chi connectivity index (χ1n) is 5.54. The number of hydrogen-bond donors (Lipinski definition) is 7. The van der Waals surface area contributed by atoms with Crippen molar-refractivity contribution in [1.82, 2.24) is 5.32 Å². The van der Waals surface area contributed by atoms with Gasteiger partial charge in [0.25, 0.3) is 0 Å². The van der Waals surface area contributed by atoms with Crippen LogP contribution in [0.25, 0.3) is 0 Å². The first-order valence-corrected chi connectivity index (χ1v) is 5.54. The Morgan fingerprint density at radius 3 is 2.00 bits per heavy atom. The average molecular weight is 281 g/mol. The van der Waals surface area contributed by atoms with E-state index in [2.05, 4.69) is 10.1 Å². The minimum absolute atomic E-state index is 0.139. The summed E-state index contributed by atoms with van der Waals surface area (Å²) in [6.45, 7) is 0.746. The number of nitrogens with one attached hydrogen (secondary N) is 1. The number of carbonyl (C=O) groups is 1. The second kappa shape index (κ2) is 9.53. The summed E-state index contributed by atoms with van der Waals surface area (Å²) in [6.07, 6.45) is -2.78. The lowest BCUT2D eigenvalue weighted by Crippen LogP contribution is -2.31. The molecular formula is C10H19NO8.